The Balaban J connectivity index is 1.69. The summed E-state index contributed by atoms with van der Waals surface area (Å²) in [6, 6.07) is 0.981. The lowest BCUT2D eigenvalue weighted by Gasteiger charge is -2.30. The first-order valence-electron chi connectivity index (χ1n) is 8.36. The quantitative estimate of drug-likeness (QED) is 0.804. The predicted octanol–water partition coefficient (Wildman–Crippen LogP) is 2.18. The van der Waals surface area contributed by atoms with Crippen molar-refractivity contribution in [1.29, 1.82) is 0 Å². The van der Waals surface area contributed by atoms with Crippen LogP contribution in [0.3, 0.4) is 0 Å². The number of nitrogens with zero attached hydrogens (tertiary/aromatic N) is 5. The Morgan fingerprint density at radius 2 is 2.05 bits per heavy atom. The normalized spacial score (nSPS) is 23.7. The molecule has 1 unspecified atom stereocenters. The van der Waals surface area contributed by atoms with Gasteiger partial charge in [0.2, 0.25) is 0 Å². The molecule has 118 valence electrons. The molecule has 1 saturated carbocycles. The monoisotopic (exact) mass is 293 g/mol. The molecule has 6 nitrogen and oxygen atoms in total. The van der Waals surface area contributed by atoms with Crippen molar-refractivity contribution >= 4 is 0 Å². The molecule has 0 aromatic carbocycles. The van der Waals surface area contributed by atoms with Gasteiger partial charge in [-0.25, -0.2) is 4.68 Å². The Kier molecular flexibility index (Phi) is 4.85. The van der Waals surface area contributed by atoms with Gasteiger partial charge in [-0.05, 0) is 50.0 Å². The first-order chi connectivity index (χ1) is 10.2. The maximum atomic E-state index is 5.84. The van der Waals surface area contributed by atoms with E-state index in [1.54, 1.807) is 0 Å². The van der Waals surface area contributed by atoms with Crippen molar-refractivity contribution in [3.05, 3.63) is 5.82 Å². The number of hydrogen-bond acceptors (Lipinski definition) is 5. The Bertz CT molecular complexity index is 435. The van der Waals surface area contributed by atoms with E-state index in [1.165, 1.54) is 38.5 Å². The Morgan fingerprint density at radius 3 is 2.71 bits per heavy atom. The zero-order chi connectivity index (χ0) is 14.7. The van der Waals surface area contributed by atoms with E-state index in [9.17, 15) is 0 Å². The highest BCUT2D eigenvalue weighted by atomic mass is 16.5. The molecule has 2 fully saturated rings. The van der Waals surface area contributed by atoms with Crippen LogP contribution in [-0.2, 0) is 11.3 Å². The summed E-state index contributed by atoms with van der Waals surface area (Å²) < 4.78 is 7.78. The molecule has 1 aliphatic carbocycles. The highest BCUT2D eigenvalue weighted by Gasteiger charge is 2.28. The van der Waals surface area contributed by atoms with Gasteiger partial charge in [-0.2, -0.15) is 0 Å². The van der Waals surface area contributed by atoms with Gasteiger partial charge < -0.3 is 4.74 Å². The smallest absolute Gasteiger partial charge is 0.165 e. The van der Waals surface area contributed by atoms with E-state index in [-0.39, 0.29) is 0 Å². The standard InChI is InChI=1S/C15H27N5O/c1-12(2)20-15(16-17-18-20)11-19(13-6-3-4-7-13)10-14-8-5-9-21-14/h12-14H,3-11H2,1-2H3. The molecule has 2 heterocycles. The Hall–Kier alpha value is -1.01. The van der Waals surface area contributed by atoms with Gasteiger partial charge in [0.05, 0.1) is 18.7 Å². The van der Waals surface area contributed by atoms with Gasteiger partial charge in [0.25, 0.3) is 0 Å². The van der Waals surface area contributed by atoms with Crippen LogP contribution in [0.2, 0.25) is 0 Å². The third-order valence-corrected chi connectivity index (χ3v) is 4.70. The Labute approximate surface area is 126 Å². The van der Waals surface area contributed by atoms with Crippen LogP contribution in [0.4, 0.5) is 0 Å². The highest BCUT2D eigenvalue weighted by molar-refractivity contribution is 4.88. The first-order valence-corrected chi connectivity index (χ1v) is 8.36. The maximum Gasteiger partial charge on any atom is 0.165 e. The molecule has 0 amide bonds. The minimum atomic E-state index is 0.308. The number of aromatic nitrogens is 4. The minimum Gasteiger partial charge on any atom is -0.377 e. The lowest BCUT2D eigenvalue weighted by Crippen LogP contribution is -2.39. The molecule has 0 radical (unpaired) electrons. The van der Waals surface area contributed by atoms with Crippen molar-refractivity contribution in [3.8, 4) is 0 Å². The van der Waals surface area contributed by atoms with Crippen molar-refractivity contribution in [3.63, 3.8) is 0 Å². The van der Waals surface area contributed by atoms with E-state index in [4.69, 9.17) is 4.74 Å². The molecule has 21 heavy (non-hydrogen) atoms. The molecule has 1 aromatic rings. The van der Waals surface area contributed by atoms with E-state index >= 15 is 0 Å². The van der Waals surface area contributed by atoms with Crippen LogP contribution in [0.15, 0.2) is 0 Å². The van der Waals surface area contributed by atoms with Crippen LogP contribution in [0, 0.1) is 0 Å². The zero-order valence-electron chi connectivity index (χ0n) is 13.2. The van der Waals surface area contributed by atoms with Gasteiger partial charge in [-0.15, -0.1) is 5.10 Å². The Morgan fingerprint density at radius 1 is 1.24 bits per heavy atom. The van der Waals surface area contributed by atoms with Crippen molar-refractivity contribution in [1.82, 2.24) is 25.1 Å². The fourth-order valence-electron chi connectivity index (χ4n) is 3.56. The van der Waals surface area contributed by atoms with Gasteiger partial charge in [0.15, 0.2) is 5.82 Å². The van der Waals surface area contributed by atoms with Crippen LogP contribution < -0.4 is 0 Å². The molecule has 1 saturated heterocycles. The van der Waals surface area contributed by atoms with Crippen LogP contribution >= 0.6 is 0 Å². The zero-order valence-corrected chi connectivity index (χ0v) is 13.2. The fourth-order valence-corrected chi connectivity index (χ4v) is 3.56. The largest absolute Gasteiger partial charge is 0.377 e. The van der Waals surface area contributed by atoms with Crippen LogP contribution in [0.1, 0.15) is 64.2 Å². The van der Waals surface area contributed by atoms with Crippen molar-refractivity contribution < 1.29 is 4.74 Å². The van der Waals surface area contributed by atoms with Crippen LogP contribution in [0.25, 0.3) is 0 Å². The molecule has 0 bridgehead atoms. The fraction of sp³-hybridized carbons (Fsp3) is 0.933. The van der Waals surface area contributed by atoms with Crippen molar-refractivity contribution in [2.45, 2.75) is 77.1 Å². The molecular formula is C15H27N5O. The predicted molar refractivity (Wildman–Crippen MR) is 79.8 cm³/mol. The molecule has 1 aromatic heterocycles. The second-order valence-corrected chi connectivity index (χ2v) is 6.64. The second kappa shape index (κ2) is 6.83. The third kappa shape index (κ3) is 3.61. The number of tetrazole rings is 1. The summed E-state index contributed by atoms with van der Waals surface area (Å²) in [5.41, 5.74) is 0. The topological polar surface area (TPSA) is 56.1 Å². The molecule has 1 aliphatic heterocycles. The molecule has 3 rings (SSSR count). The molecule has 0 N–H and O–H groups in total. The van der Waals surface area contributed by atoms with Gasteiger partial charge in [0.1, 0.15) is 0 Å². The molecule has 6 heteroatoms. The van der Waals surface area contributed by atoms with E-state index in [2.05, 4.69) is 34.3 Å². The maximum absolute atomic E-state index is 5.84. The molecule has 2 aliphatic rings. The van der Waals surface area contributed by atoms with E-state index in [0.717, 1.165) is 25.5 Å². The number of ether oxygens (including phenoxy) is 1. The summed E-state index contributed by atoms with van der Waals surface area (Å²) in [4.78, 5) is 2.56. The summed E-state index contributed by atoms with van der Waals surface area (Å²) in [6.07, 6.45) is 8.09. The highest BCUT2D eigenvalue weighted by Crippen LogP contribution is 2.26. The third-order valence-electron chi connectivity index (χ3n) is 4.70. The molecule has 1 atom stereocenters. The van der Waals surface area contributed by atoms with Crippen LogP contribution in [0.5, 0.6) is 0 Å². The minimum absolute atomic E-state index is 0.308. The summed E-state index contributed by atoms with van der Waals surface area (Å²) in [5.74, 6) is 0.981. The summed E-state index contributed by atoms with van der Waals surface area (Å²) >= 11 is 0. The molecule has 0 spiro atoms. The van der Waals surface area contributed by atoms with Crippen molar-refractivity contribution in [2.24, 2.45) is 0 Å². The van der Waals surface area contributed by atoms with Gasteiger partial charge in [-0.3, -0.25) is 4.90 Å². The SMILES string of the molecule is CC(C)n1nnnc1CN(CC1CCCO1)C1CCCC1. The average Bonchev–Trinajstić information content (AvgIpc) is 3.21. The summed E-state index contributed by atoms with van der Waals surface area (Å²) in [7, 11) is 0. The average molecular weight is 293 g/mol. The number of rotatable bonds is 6. The molecular weight excluding hydrogens is 266 g/mol. The lowest BCUT2D eigenvalue weighted by atomic mass is 10.1. The second-order valence-electron chi connectivity index (χ2n) is 6.64. The summed E-state index contributed by atoms with van der Waals surface area (Å²) in [6.45, 7) is 7.04. The van der Waals surface area contributed by atoms with E-state index < -0.39 is 0 Å². The van der Waals surface area contributed by atoms with E-state index in [1.807, 2.05) is 4.68 Å². The van der Waals surface area contributed by atoms with Crippen LogP contribution in [-0.4, -0.2) is 50.4 Å². The van der Waals surface area contributed by atoms with Crippen molar-refractivity contribution in [2.75, 3.05) is 13.2 Å². The van der Waals surface area contributed by atoms with Gasteiger partial charge >= 0.3 is 0 Å². The van der Waals surface area contributed by atoms with Gasteiger partial charge in [-0.1, -0.05) is 12.8 Å². The number of hydrogen-bond donors (Lipinski definition) is 0. The van der Waals surface area contributed by atoms with Gasteiger partial charge in [0, 0.05) is 19.2 Å². The lowest BCUT2D eigenvalue weighted by molar-refractivity contribution is 0.0522. The van der Waals surface area contributed by atoms with E-state index in [0.29, 0.717) is 18.2 Å². The first kappa shape index (κ1) is 14.9. The summed E-state index contributed by atoms with van der Waals surface area (Å²) in [5, 5.41) is 12.2.